The second-order valence-corrected chi connectivity index (χ2v) is 3.57. The first-order valence-corrected chi connectivity index (χ1v) is 4.78. The van der Waals surface area contributed by atoms with Crippen molar-refractivity contribution in [1.29, 1.82) is 0 Å². The van der Waals surface area contributed by atoms with Gasteiger partial charge in [0.05, 0.1) is 0 Å². The van der Waals surface area contributed by atoms with Gasteiger partial charge in [0.15, 0.2) is 5.01 Å². The van der Waals surface area contributed by atoms with E-state index in [1.54, 1.807) is 0 Å². The maximum atomic E-state index is 8.31. The summed E-state index contributed by atoms with van der Waals surface area (Å²) in [6, 6.07) is 9.74. The maximum Gasteiger partial charge on any atom is 0.162 e. The van der Waals surface area contributed by atoms with E-state index in [0.29, 0.717) is 5.01 Å². The highest BCUT2D eigenvalue weighted by Gasteiger charge is 2.03. The predicted molar refractivity (Wildman–Crippen MR) is 54.7 cm³/mol. The van der Waals surface area contributed by atoms with Crippen LogP contribution in [0.5, 0.6) is 0 Å². The molecule has 1 N–H and O–H groups in total. The monoisotopic (exact) mass is 205 g/mol. The first-order valence-electron chi connectivity index (χ1n) is 3.96. The Balaban J connectivity index is 2.34. The maximum absolute atomic E-state index is 8.31. The minimum atomic E-state index is 0.589. The fraction of sp³-hybridized carbons (Fsp3) is 0. The molecular weight excluding hydrogens is 198 g/mol. The first-order chi connectivity index (χ1) is 6.90. The fourth-order valence-electron chi connectivity index (χ4n) is 1.03. The zero-order valence-corrected chi connectivity index (χ0v) is 7.98. The van der Waals surface area contributed by atoms with Crippen LogP contribution in [-0.2, 0) is 0 Å². The van der Waals surface area contributed by atoms with Crippen LogP contribution in [0.1, 0.15) is 5.01 Å². The highest BCUT2D eigenvalue weighted by Crippen LogP contribution is 2.21. The van der Waals surface area contributed by atoms with Crippen LogP contribution < -0.4 is 0 Å². The summed E-state index contributed by atoms with van der Waals surface area (Å²) in [5, 5.41) is 20.4. The third-order valence-corrected chi connectivity index (χ3v) is 2.54. The van der Waals surface area contributed by atoms with Gasteiger partial charge in [-0.3, -0.25) is 0 Å². The molecule has 0 bridgehead atoms. The first kappa shape index (κ1) is 8.83. The second-order valence-electron chi connectivity index (χ2n) is 2.56. The SMILES string of the molecule is O/N=C/c1nnc(-c2ccccc2)s1. The summed E-state index contributed by atoms with van der Waals surface area (Å²) in [5.41, 5.74) is 1.02. The Morgan fingerprint density at radius 2 is 2.00 bits per heavy atom. The van der Waals surface area contributed by atoms with Crippen molar-refractivity contribution in [3.63, 3.8) is 0 Å². The van der Waals surface area contributed by atoms with E-state index in [0.717, 1.165) is 10.6 Å². The minimum Gasteiger partial charge on any atom is -0.411 e. The zero-order valence-electron chi connectivity index (χ0n) is 7.16. The lowest BCUT2D eigenvalue weighted by Gasteiger charge is -1.90. The van der Waals surface area contributed by atoms with Gasteiger partial charge < -0.3 is 5.21 Å². The van der Waals surface area contributed by atoms with E-state index in [4.69, 9.17) is 5.21 Å². The van der Waals surface area contributed by atoms with Crippen LogP contribution >= 0.6 is 11.3 Å². The van der Waals surface area contributed by atoms with Gasteiger partial charge in [-0.15, -0.1) is 10.2 Å². The summed E-state index contributed by atoms with van der Waals surface area (Å²) < 4.78 is 0. The summed E-state index contributed by atoms with van der Waals surface area (Å²) in [7, 11) is 0. The summed E-state index contributed by atoms with van der Waals surface area (Å²) in [6.45, 7) is 0. The van der Waals surface area contributed by atoms with Crippen LogP contribution in [0.25, 0.3) is 10.6 Å². The van der Waals surface area contributed by atoms with E-state index < -0.39 is 0 Å². The smallest absolute Gasteiger partial charge is 0.162 e. The van der Waals surface area contributed by atoms with Gasteiger partial charge in [-0.1, -0.05) is 46.8 Å². The van der Waals surface area contributed by atoms with Gasteiger partial charge in [-0.05, 0) is 0 Å². The van der Waals surface area contributed by atoms with Crippen molar-refractivity contribution < 1.29 is 5.21 Å². The van der Waals surface area contributed by atoms with Crippen LogP contribution in [0.2, 0.25) is 0 Å². The number of benzene rings is 1. The molecule has 0 radical (unpaired) electrons. The second kappa shape index (κ2) is 3.97. The van der Waals surface area contributed by atoms with Crippen LogP contribution in [0.15, 0.2) is 35.5 Å². The van der Waals surface area contributed by atoms with Crippen molar-refractivity contribution in [2.24, 2.45) is 5.16 Å². The van der Waals surface area contributed by atoms with E-state index in [9.17, 15) is 0 Å². The molecule has 2 aromatic rings. The molecule has 0 unspecified atom stereocenters. The molecule has 0 fully saturated rings. The Morgan fingerprint density at radius 3 is 2.71 bits per heavy atom. The molecular formula is C9H7N3OS. The van der Waals surface area contributed by atoms with Crippen molar-refractivity contribution in [2.75, 3.05) is 0 Å². The molecule has 0 spiro atoms. The van der Waals surface area contributed by atoms with Crippen LogP contribution in [0, 0.1) is 0 Å². The third-order valence-electron chi connectivity index (χ3n) is 1.63. The summed E-state index contributed by atoms with van der Waals surface area (Å²) >= 11 is 1.38. The van der Waals surface area contributed by atoms with Crippen molar-refractivity contribution in [3.8, 4) is 10.6 Å². The zero-order chi connectivity index (χ0) is 9.80. The Bertz CT molecular complexity index is 438. The van der Waals surface area contributed by atoms with Gasteiger partial charge >= 0.3 is 0 Å². The van der Waals surface area contributed by atoms with Gasteiger partial charge in [0, 0.05) is 5.56 Å². The number of hydrogen-bond donors (Lipinski definition) is 1. The molecule has 0 aliphatic rings. The summed E-state index contributed by atoms with van der Waals surface area (Å²) in [6.07, 6.45) is 1.27. The third kappa shape index (κ3) is 1.77. The van der Waals surface area contributed by atoms with E-state index in [1.807, 2.05) is 30.3 Å². The van der Waals surface area contributed by atoms with E-state index in [1.165, 1.54) is 17.6 Å². The van der Waals surface area contributed by atoms with Gasteiger partial charge in [0.1, 0.15) is 11.2 Å². The van der Waals surface area contributed by atoms with Crippen LogP contribution in [0.4, 0.5) is 0 Å². The van der Waals surface area contributed by atoms with Crippen LogP contribution in [-0.4, -0.2) is 21.6 Å². The molecule has 0 atom stereocenters. The van der Waals surface area contributed by atoms with E-state index in [2.05, 4.69) is 15.4 Å². The topological polar surface area (TPSA) is 58.4 Å². The highest BCUT2D eigenvalue weighted by molar-refractivity contribution is 7.16. The summed E-state index contributed by atoms with van der Waals surface area (Å²) in [4.78, 5) is 0. The molecule has 4 nitrogen and oxygen atoms in total. The molecule has 2 rings (SSSR count). The molecule has 0 saturated carbocycles. The number of aromatic nitrogens is 2. The van der Waals surface area contributed by atoms with Gasteiger partial charge in [0.2, 0.25) is 0 Å². The number of oxime groups is 1. The molecule has 5 heteroatoms. The molecule has 0 aliphatic carbocycles. The van der Waals surface area contributed by atoms with Crippen molar-refractivity contribution in [2.45, 2.75) is 0 Å². The molecule has 1 aromatic heterocycles. The van der Waals surface area contributed by atoms with Crippen molar-refractivity contribution in [1.82, 2.24) is 10.2 Å². The Hall–Kier alpha value is -1.75. The van der Waals surface area contributed by atoms with E-state index >= 15 is 0 Å². The molecule has 0 amide bonds. The Morgan fingerprint density at radius 1 is 1.21 bits per heavy atom. The largest absolute Gasteiger partial charge is 0.411 e. The lowest BCUT2D eigenvalue weighted by Crippen LogP contribution is -1.77. The molecule has 1 aromatic carbocycles. The van der Waals surface area contributed by atoms with Gasteiger partial charge in [-0.25, -0.2) is 0 Å². The van der Waals surface area contributed by atoms with Crippen molar-refractivity contribution in [3.05, 3.63) is 35.3 Å². The lowest BCUT2D eigenvalue weighted by molar-refractivity contribution is 0.322. The van der Waals surface area contributed by atoms with Gasteiger partial charge in [0.25, 0.3) is 0 Å². The minimum absolute atomic E-state index is 0.589. The lowest BCUT2D eigenvalue weighted by atomic mass is 10.2. The highest BCUT2D eigenvalue weighted by atomic mass is 32.1. The average Bonchev–Trinajstić information content (AvgIpc) is 2.68. The van der Waals surface area contributed by atoms with Crippen LogP contribution in [0.3, 0.4) is 0 Å². The number of rotatable bonds is 2. The number of nitrogens with zero attached hydrogens (tertiary/aromatic N) is 3. The Kier molecular flexibility index (Phi) is 2.51. The molecule has 14 heavy (non-hydrogen) atoms. The van der Waals surface area contributed by atoms with Crippen molar-refractivity contribution >= 4 is 17.6 Å². The fourth-order valence-corrected chi connectivity index (χ4v) is 1.75. The Labute approximate surface area is 84.5 Å². The predicted octanol–water partition coefficient (Wildman–Crippen LogP) is 2.01. The molecule has 1 heterocycles. The van der Waals surface area contributed by atoms with E-state index in [-0.39, 0.29) is 0 Å². The summed E-state index contributed by atoms with van der Waals surface area (Å²) in [5.74, 6) is 0. The normalized spacial score (nSPS) is 10.9. The average molecular weight is 205 g/mol. The quantitative estimate of drug-likeness (QED) is 0.463. The molecule has 0 aliphatic heterocycles. The van der Waals surface area contributed by atoms with Gasteiger partial charge in [-0.2, -0.15) is 0 Å². The molecule has 70 valence electrons. The number of hydrogen-bond acceptors (Lipinski definition) is 5. The standard InChI is InChI=1S/C9H7N3OS/c13-10-6-8-11-12-9(14-8)7-4-2-1-3-5-7/h1-6,13H/b10-6+. The molecule has 0 saturated heterocycles.